The molecule has 0 spiro atoms. The van der Waals surface area contributed by atoms with Gasteiger partial charge >= 0.3 is 0 Å². The second-order valence-corrected chi connectivity index (χ2v) is 5.73. The fourth-order valence-corrected chi connectivity index (χ4v) is 2.89. The van der Waals surface area contributed by atoms with Crippen LogP contribution in [0, 0.1) is 0 Å². The van der Waals surface area contributed by atoms with Gasteiger partial charge in [0.1, 0.15) is 0 Å². The van der Waals surface area contributed by atoms with E-state index in [4.69, 9.17) is 5.73 Å². The van der Waals surface area contributed by atoms with Crippen molar-refractivity contribution in [3.63, 3.8) is 0 Å². The smallest absolute Gasteiger partial charge is 0.251 e. The highest BCUT2D eigenvalue weighted by atomic mass is 16.1. The Labute approximate surface area is 126 Å². The molecule has 0 saturated heterocycles. The van der Waals surface area contributed by atoms with Crippen LogP contribution in [0.5, 0.6) is 0 Å². The maximum Gasteiger partial charge on any atom is 0.251 e. The molecule has 0 unspecified atom stereocenters. The van der Waals surface area contributed by atoms with Gasteiger partial charge < -0.3 is 21.3 Å². The summed E-state index contributed by atoms with van der Waals surface area (Å²) in [5.74, 6) is -0.0962. The van der Waals surface area contributed by atoms with Gasteiger partial charge in [0.05, 0.1) is 11.4 Å². The number of carbonyl (C=O) groups excluding carboxylic acids is 1. The second-order valence-electron chi connectivity index (χ2n) is 5.73. The summed E-state index contributed by atoms with van der Waals surface area (Å²) in [5, 5.41) is 5.96. The third-order valence-corrected chi connectivity index (χ3v) is 4.27. The summed E-state index contributed by atoms with van der Waals surface area (Å²) in [7, 11) is 3.81. The first-order chi connectivity index (χ1) is 10.1. The van der Waals surface area contributed by atoms with E-state index in [-0.39, 0.29) is 5.91 Å². The van der Waals surface area contributed by atoms with E-state index >= 15 is 0 Å². The summed E-state index contributed by atoms with van der Waals surface area (Å²) in [6, 6.07) is 6.04. The van der Waals surface area contributed by atoms with Crippen molar-refractivity contribution in [2.24, 2.45) is 0 Å². The first kappa shape index (κ1) is 15.6. The number of hydrogen-bond acceptors (Lipinski definition) is 4. The molecule has 1 aromatic rings. The SMILES string of the molecule is CNC(=O)c1ccc(N)c(NCCN(C)C2CCCC2)c1. The van der Waals surface area contributed by atoms with Gasteiger partial charge in [0.25, 0.3) is 5.91 Å². The van der Waals surface area contributed by atoms with Crippen LogP contribution < -0.4 is 16.4 Å². The summed E-state index contributed by atoms with van der Waals surface area (Å²) in [4.78, 5) is 14.1. The van der Waals surface area contributed by atoms with E-state index < -0.39 is 0 Å². The molecule has 116 valence electrons. The predicted molar refractivity (Wildman–Crippen MR) is 87.6 cm³/mol. The van der Waals surface area contributed by atoms with E-state index in [1.807, 2.05) is 6.07 Å². The Kier molecular flexibility index (Phi) is 5.44. The van der Waals surface area contributed by atoms with Crippen molar-refractivity contribution in [1.29, 1.82) is 0 Å². The van der Waals surface area contributed by atoms with Crippen LogP contribution in [0.1, 0.15) is 36.0 Å². The topological polar surface area (TPSA) is 70.4 Å². The maximum absolute atomic E-state index is 11.6. The molecule has 0 radical (unpaired) electrons. The first-order valence-corrected chi connectivity index (χ1v) is 7.67. The van der Waals surface area contributed by atoms with Gasteiger partial charge in [0.15, 0.2) is 0 Å². The molecule has 4 N–H and O–H groups in total. The monoisotopic (exact) mass is 290 g/mol. The average molecular weight is 290 g/mol. The van der Waals surface area contributed by atoms with Gasteiger partial charge in [-0.05, 0) is 38.1 Å². The first-order valence-electron chi connectivity index (χ1n) is 7.67. The Bertz CT molecular complexity index is 483. The molecule has 21 heavy (non-hydrogen) atoms. The third kappa shape index (κ3) is 4.11. The van der Waals surface area contributed by atoms with E-state index in [1.54, 1.807) is 19.2 Å². The van der Waals surface area contributed by atoms with Gasteiger partial charge in [-0.2, -0.15) is 0 Å². The van der Waals surface area contributed by atoms with Gasteiger partial charge in [-0.15, -0.1) is 0 Å². The minimum absolute atomic E-state index is 0.0962. The zero-order valence-electron chi connectivity index (χ0n) is 13.0. The third-order valence-electron chi connectivity index (χ3n) is 4.27. The van der Waals surface area contributed by atoms with E-state index in [1.165, 1.54) is 25.7 Å². The van der Waals surface area contributed by atoms with E-state index in [0.29, 0.717) is 11.3 Å². The summed E-state index contributed by atoms with van der Waals surface area (Å²) in [5.41, 5.74) is 8.09. The van der Waals surface area contributed by atoms with Crippen LogP contribution in [0.4, 0.5) is 11.4 Å². The number of nitrogen functional groups attached to an aromatic ring is 1. The van der Waals surface area contributed by atoms with Crippen molar-refractivity contribution in [2.45, 2.75) is 31.7 Å². The van der Waals surface area contributed by atoms with Crippen LogP contribution >= 0.6 is 0 Å². The lowest BCUT2D eigenvalue weighted by molar-refractivity contribution is 0.0963. The number of nitrogens with two attached hydrogens (primary N) is 1. The number of anilines is 2. The minimum atomic E-state index is -0.0962. The molecule has 1 aromatic carbocycles. The number of likely N-dealkylation sites (N-methyl/N-ethyl adjacent to an activating group) is 1. The predicted octanol–water partition coefficient (Wildman–Crippen LogP) is 1.91. The van der Waals surface area contributed by atoms with Crippen LogP contribution in [0.3, 0.4) is 0 Å². The molecule has 1 aliphatic carbocycles. The number of carbonyl (C=O) groups is 1. The highest BCUT2D eigenvalue weighted by Crippen LogP contribution is 2.23. The highest BCUT2D eigenvalue weighted by Gasteiger charge is 2.18. The van der Waals surface area contributed by atoms with E-state index in [2.05, 4.69) is 22.6 Å². The molecular formula is C16H26N4O. The summed E-state index contributed by atoms with van der Waals surface area (Å²) >= 11 is 0. The number of amides is 1. The Morgan fingerprint density at radius 1 is 1.38 bits per heavy atom. The fourth-order valence-electron chi connectivity index (χ4n) is 2.89. The second kappa shape index (κ2) is 7.31. The Hall–Kier alpha value is -1.75. The number of rotatable bonds is 6. The number of hydrogen-bond donors (Lipinski definition) is 3. The largest absolute Gasteiger partial charge is 0.397 e. The van der Waals surface area contributed by atoms with Crippen molar-refractivity contribution in [1.82, 2.24) is 10.2 Å². The van der Waals surface area contributed by atoms with Crippen LogP contribution in [0.2, 0.25) is 0 Å². The molecule has 1 fully saturated rings. The molecule has 5 nitrogen and oxygen atoms in total. The van der Waals surface area contributed by atoms with Crippen molar-refractivity contribution in [3.8, 4) is 0 Å². The Balaban J connectivity index is 1.88. The summed E-state index contributed by atoms with van der Waals surface area (Å²) < 4.78 is 0. The zero-order valence-corrected chi connectivity index (χ0v) is 13.0. The molecule has 1 amide bonds. The number of nitrogens with zero attached hydrogens (tertiary/aromatic N) is 1. The molecule has 1 aliphatic rings. The summed E-state index contributed by atoms with van der Waals surface area (Å²) in [6.07, 6.45) is 5.32. The van der Waals surface area contributed by atoms with E-state index in [0.717, 1.165) is 24.8 Å². The van der Waals surface area contributed by atoms with Gasteiger partial charge in [-0.1, -0.05) is 12.8 Å². The molecule has 0 heterocycles. The van der Waals surface area contributed by atoms with E-state index in [9.17, 15) is 4.79 Å². The molecule has 0 aliphatic heterocycles. The summed E-state index contributed by atoms with van der Waals surface area (Å²) in [6.45, 7) is 1.81. The standard InChI is InChI=1S/C16H26N4O/c1-18-16(21)12-7-8-14(17)15(11-12)19-9-10-20(2)13-5-3-4-6-13/h7-8,11,13,19H,3-6,9-10,17H2,1-2H3,(H,18,21). The lowest BCUT2D eigenvalue weighted by atomic mass is 10.1. The van der Waals surface area contributed by atoms with Crippen molar-refractivity contribution < 1.29 is 4.79 Å². The number of benzene rings is 1. The van der Waals surface area contributed by atoms with Gasteiger partial charge in [0, 0.05) is 31.7 Å². The molecule has 5 heteroatoms. The molecule has 1 saturated carbocycles. The lowest BCUT2D eigenvalue weighted by Crippen LogP contribution is -2.33. The normalized spacial score (nSPS) is 15.4. The van der Waals surface area contributed by atoms with Crippen molar-refractivity contribution in [2.75, 3.05) is 38.2 Å². The number of nitrogens with one attached hydrogen (secondary N) is 2. The average Bonchev–Trinajstić information content (AvgIpc) is 3.02. The quantitative estimate of drug-likeness (QED) is 0.700. The van der Waals surface area contributed by atoms with Gasteiger partial charge in [-0.3, -0.25) is 4.79 Å². The minimum Gasteiger partial charge on any atom is -0.397 e. The molecule has 2 rings (SSSR count). The maximum atomic E-state index is 11.6. The van der Waals surface area contributed by atoms with Gasteiger partial charge in [-0.25, -0.2) is 0 Å². The zero-order chi connectivity index (χ0) is 15.2. The lowest BCUT2D eigenvalue weighted by Gasteiger charge is -2.24. The molecular weight excluding hydrogens is 264 g/mol. The van der Waals surface area contributed by atoms with Crippen molar-refractivity contribution in [3.05, 3.63) is 23.8 Å². The molecule has 0 aromatic heterocycles. The van der Waals surface area contributed by atoms with Crippen LogP contribution in [-0.2, 0) is 0 Å². The fraction of sp³-hybridized carbons (Fsp3) is 0.562. The Morgan fingerprint density at radius 2 is 2.10 bits per heavy atom. The highest BCUT2D eigenvalue weighted by molar-refractivity contribution is 5.96. The molecule has 0 bridgehead atoms. The van der Waals surface area contributed by atoms with Crippen LogP contribution in [0.15, 0.2) is 18.2 Å². The van der Waals surface area contributed by atoms with Gasteiger partial charge in [0.2, 0.25) is 0 Å². The van der Waals surface area contributed by atoms with Crippen LogP contribution in [0.25, 0.3) is 0 Å². The molecule has 0 atom stereocenters. The van der Waals surface area contributed by atoms with Crippen LogP contribution in [-0.4, -0.2) is 44.0 Å². The Morgan fingerprint density at radius 3 is 2.76 bits per heavy atom. The van der Waals surface area contributed by atoms with Crippen molar-refractivity contribution >= 4 is 17.3 Å².